The second kappa shape index (κ2) is 7.89. The van der Waals surface area contributed by atoms with Crippen LogP contribution in [0.3, 0.4) is 0 Å². The van der Waals surface area contributed by atoms with Crippen molar-refractivity contribution in [3.8, 4) is 0 Å². The molecule has 0 aliphatic heterocycles. The summed E-state index contributed by atoms with van der Waals surface area (Å²) < 4.78 is 14.2. The number of hydrogen-bond acceptors (Lipinski definition) is 1. The normalized spacial score (nSPS) is 13.6. The Morgan fingerprint density at radius 2 is 1.44 bits per heavy atom. The lowest BCUT2D eigenvalue weighted by atomic mass is 10.0. The monoisotopic (exact) mass is 414 g/mol. The van der Waals surface area contributed by atoms with Gasteiger partial charge in [0.2, 0.25) is 7.29 Å². The zero-order chi connectivity index (χ0) is 19.5. The third-order valence-corrected chi connectivity index (χ3v) is 7.64. The lowest BCUT2D eigenvalue weighted by Crippen LogP contribution is -2.40. The van der Waals surface area contributed by atoms with Crippen molar-refractivity contribution in [1.29, 1.82) is 0 Å². The Kier molecular flexibility index (Phi) is 5.75. The molecule has 0 spiro atoms. The van der Waals surface area contributed by atoms with Crippen LogP contribution in [0.25, 0.3) is 4.85 Å². The van der Waals surface area contributed by atoms with Gasteiger partial charge < -0.3 is 0 Å². The van der Waals surface area contributed by atoms with E-state index in [1.165, 1.54) is 0 Å². The van der Waals surface area contributed by atoms with Gasteiger partial charge in [-0.05, 0) is 42.5 Å². The maximum atomic E-state index is 14.2. The minimum atomic E-state index is -3.31. The average Bonchev–Trinajstić information content (AvgIpc) is 2.69. The van der Waals surface area contributed by atoms with Gasteiger partial charge in [-0.2, -0.15) is 5.09 Å². The van der Waals surface area contributed by atoms with E-state index in [0.717, 1.165) is 0 Å². The lowest BCUT2D eigenvalue weighted by Gasteiger charge is -2.27. The summed E-state index contributed by atoms with van der Waals surface area (Å²) in [6.45, 7) is 9.47. The van der Waals surface area contributed by atoms with E-state index < -0.39 is 13.0 Å². The van der Waals surface area contributed by atoms with Crippen molar-refractivity contribution in [3.63, 3.8) is 0 Å². The molecule has 0 amide bonds. The molecular formula is C21H17Cl2N2OP. The molecule has 0 bridgehead atoms. The summed E-state index contributed by atoms with van der Waals surface area (Å²) in [5.41, 5.74) is -0.779. The van der Waals surface area contributed by atoms with Crippen molar-refractivity contribution in [1.82, 2.24) is 5.09 Å². The van der Waals surface area contributed by atoms with E-state index in [2.05, 4.69) is 9.93 Å². The van der Waals surface area contributed by atoms with Crippen molar-refractivity contribution in [3.05, 3.63) is 106 Å². The van der Waals surface area contributed by atoms with Crippen LogP contribution in [0.2, 0.25) is 10.0 Å². The molecule has 0 aliphatic carbocycles. The van der Waals surface area contributed by atoms with Crippen molar-refractivity contribution < 1.29 is 4.57 Å². The van der Waals surface area contributed by atoms with Crippen molar-refractivity contribution in [2.24, 2.45) is 0 Å². The van der Waals surface area contributed by atoms with Crippen LogP contribution >= 0.6 is 30.5 Å². The van der Waals surface area contributed by atoms with E-state index in [0.29, 0.717) is 26.2 Å². The van der Waals surface area contributed by atoms with Gasteiger partial charge in [0.25, 0.3) is 0 Å². The molecule has 0 aliphatic rings. The minimum absolute atomic E-state index is 0.348. The van der Waals surface area contributed by atoms with Gasteiger partial charge in [-0.15, -0.1) is 0 Å². The van der Waals surface area contributed by atoms with Gasteiger partial charge in [0, 0.05) is 22.6 Å². The fraction of sp³-hybridized carbons (Fsp3) is 0.0952. The average molecular weight is 415 g/mol. The Morgan fingerprint density at radius 1 is 0.926 bits per heavy atom. The van der Waals surface area contributed by atoms with E-state index in [4.69, 9.17) is 29.8 Å². The molecule has 3 aromatic rings. The first kappa shape index (κ1) is 19.7. The number of benzene rings is 3. The highest BCUT2D eigenvalue weighted by Gasteiger charge is 2.43. The number of nitrogens with zero attached hydrogens (tertiary/aromatic N) is 1. The third-order valence-electron chi connectivity index (χ3n) is 4.29. The van der Waals surface area contributed by atoms with Gasteiger partial charge in [-0.3, -0.25) is 9.41 Å². The Balaban J connectivity index is 2.16. The summed E-state index contributed by atoms with van der Waals surface area (Å²) in [5, 5.41) is 5.21. The first-order chi connectivity index (χ1) is 12.9. The molecule has 3 aromatic carbocycles. The van der Waals surface area contributed by atoms with Crippen LogP contribution in [0.4, 0.5) is 0 Å². The highest BCUT2D eigenvalue weighted by molar-refractivity contribution is 7.77. The molecule has 0 saturated heterocycles. The van der Waals surface area contributed by atoms with E-state index in [-0.39, 0.29) is 0 Å². The number of halogens is 2. The third kappa shape index (κ3) is 3.95. The highest BCUT2D eigenvalue weighted by Crippen LogP contribution is 2.45. The molecule has 27 heavy (non-hydrogen) atoms. The Bertz CT molecular complexity index is 992. The second-order valence-electron chi connectivity index (χ2n) is 6.20. The summed E-state index contributed by atoms with van der Waals surface area (Å²) in [5.74, 6) is 0. The molecule has 0 saturated carbocycles. The lowest BCUT2D eigenvalue weighted by molar-refractivity contribution is 0.522. The van der Waals surface area contributed by atoms with E-state index in [1.54, 1.807) is 49.4 Å². The van der Waals surface area contributed by atoms with Crippen LogP contribution in [0.15, 0.2) is 78.9 Å². The van der Waals surface area contributed by atoms with Crippen LogP contribution in [0, 0.1) is 6.57 Å². The van der Waals surface area contributed by atoms with Gasteiger partial charge in [-0.25, -0.2) is 6.57 Å². The van der Waals surface area contributed by atoms with Crippen LogP contribution in [-0.4, -0.2) is 0 Å². The van der Waals surface area contributed by atoms with Gasteiger partial charge in [0.1, 0.15) is 0 Å². The SMILES string of the molecule is [C-]#[N+][C@](C)(NP(=O)(c1ccccc1)c1ccccc1)c1ccc(Cl)cc1Cl. The molecule has 1 N–H and O–H groups in total. The first-order valence-electron chi connectivity index (χ1n) is 8.24. The van der Waals surface area contributed by atoms with Gasteiger partial charge in [-0.1, -0.05) is 59.6 Å². The first-order valence-corrected chi connectivity index (χ1v) is 10.7. The maximum Gasteiger partial charge on any atom is 0.316 e. The van der Waals surface area contributed by atoms with Crippen LogP contribution in [0.5, 0.6) is 0 Å². The Hall–Kier alpha value is -2.08. The van der Waals surface area contributed by atoms with Gasteiger partial charge >= 0.3 is 5.66 Å². The highest BCUT2D eigenvalue weighted by atomic mass is 35.5. The van der Waals surface area contributed by atoms with E-state index >= 15 is 0 Å². The Labute approximate surface area is 169 Å². The molecular weight excluding hydrogens is 398 g/mol. The summed E-state index contributed by atoms with van der Waals surface area (Å²) in [6.07, 6.45) is 0. The molecule has 6 heteroatoms. The summed E-state index contributed by atoms with van der Waals surface area (Å²) >= 11 is 12.4. The largest absolute Gasteiger partial charge is 0.316 e. The number of nitrogens with one attached hydrogen (secondary N) is 1. The van der Waals surface area contributed by atoms with Gasteiger partial charge in [0.05, 0.1) is 10.6 Å². The molecule has 0 aromatic heterocycles. The molecule has 0 radical (unpaired) electrons. The molecule has 3 nitrogen and oxygen atoms in total. The van der Waals surface area contributed by atoms with Crippen molar-refractivity contribution in [2.75, 3.05) is 0 Å². The van der Waals surface area contributed by atoms with Gasteiger partial charge in [0.15, 0.2) is 0 Å². The molecule has 1 atom stereocenters. The maximum absolute atomic E-state index is 14.2. The number of hydrogen-bond donors (Lipinski definition) is 1. The fourth-order valence-electron chi connectivity index (χ4n) is 2.89. The predicted octanol–water partition coefficient (Wildman–Crippen LogP) is 5.60. The minimum Gasteiger partial charge on any atom is -0.296 e. The smallest absolute Gasteiger partial charge is 0.296 e. The Morgan fingerprint density at radius 3 is 1.89 bits per heavy atom. The second-order valence-corrected chi connectivity index (χ2v) is 9.52. The van der Waals surface area contributed by atoms with E-state index in [1.807, 2.05) is 36.4 Å². The molecule has 3 rings (SSSR count). The fourth-order valence-corrected chi connectivity index (χ4v) is 6.01. The quantitative estimate of drug-likeness (QED) is 0.435. The van der Waals surface area contributed by atoms with Crippen LogP contribution in [0.1, 0.15) is 12.5 Å². The summed E-state index contributed by atoms with van der Waals surface area (Å²) in [7, 11) is -3.31. The summed E-state index contributed by atoms with van der Waals surface area (Å²) in [4.78, 5) is 3.76. The van der Waals surface area contributed by atoms with Crippen molar-refractivity contribution >= 4 is 41.1 Å². The zero-order valence-corrected chi connectivity index (χ0v) is 17.0. The topological polar surface area (TPSA) is 33.5 Å². The predicted molar refractivity (Wildman–Crippen MR) is 113 cm³/mol. The molecule has 136 valence electrons. The molecule has 0 fully saturated rings. The van der Waals surface area contributed by atoms with E-state index in [9.17, 15) is 4.57 Å². The van der Waals surface area contributed by atoms with Crippen LogP contribution in [-0.2, 0) is 10.2 Å². The molecule has 0 unspecified atom stereocenters. The summed E-state index contributed by atoms with van der Waals surface area (Å²) in [6, 6.07) is 23.2. The number of rotatable bonds is 5. The molecule has 0 heterocycles. The standard InChI is InChI=1S/C21H17Cl2N2OP/c1-21(24-2,19-14-13-16(22)15-20(19)23)25-27(26,17-9-5-3-6-10-17)18-11-7-4-8-12-18/h3-15H,1H3,(H,25,26)/t21-/m1/s1. The van der Waals surface area contributed by atoms with Crippen LogP contribution < -0.4 is 15.7 Å². The zero-order valence-electron chi connectivity index (χ0n) is 14.6. The van der Waals surface area contributed by atoms with Crippen molar-refractivity contribution in [2.45, 2.75) is 12.6 Å².